The van der Waals surface area contributed by atoms with Gasteiger partial charge >= 0.3 is 5.97 Å². The van der Waals surface area contributed by atoms with Gasteiger partial charge < -0.3 is 5.11 Å². The van der Waals surface area contributed by atoms with Crippen LogP contribution in [0.25, 0.3) is 0 Å². The summed E-state index contributed by atoms with van der Waals surface area (Å²) in [4.78, 5) is 13.7. The van der Waals surface area contributed by atoms with Crippen LogP contribution in [0.2, 0.25) is 0 Å². The molecule has 1 aliphatic rings. The number of carbonyl (C=O) groups excluding carboxylic acids is 1. The summed E-state index contributed by atoms with van der Waals surface area (Å²) in [5, 5.41) is 9.04. The summed E-state index contributed by atoms with van der Waals surface area (Å²) < 4.78 is 11.4. The lowest BCUT2D eigenvalue weighted by Crippen LogP contribution is -2.24. The van der Waals surface area contributed by atoms with Gasteiger partial charge in [-0.1, -0.05) is 0 Å². The van der Waals surface area contributed by atoms with E-state index in [1.165, 1.54) is 0 Å². The van der Waals surface area contributed by atoms with Crippen LogP contribution < -0.4 is 0 Å². The predicted molar refractivity (Wildman–Crippen MR) is 35.2 cm³/mol. The van der Waals surface area contributed by atoms with Crippen LogP contribution in [0.1, 0.15) is 25.7 Å². The molecule has 1 rings (SSSR count). The van der Waals surface area contributed by atoms with E-state index in [0.717, 1.165) is 0 Å². The van der Waals surface area contributed by atoms with E-state index in [2.05, 4.69) is 4.94 Å². The molecule has 0 aromatic carbocycles. The number of carbonyl (C=O) groups is 1. The Kier molecular flexibility index (Phi) is 2.82. The molecule has 0 saturated heterocycles. The normalized spacial score (nSPS) is 31.5. The van der Waals surface area contributed by atoms with Crippen LogP contribution in [0.15, 0.2) is 0 Å². The Morgan fingerprint density at radius 3 is 2.36 bits per heavy atom. The van der Waals surface area contributed by atoms with Crippen molar-refractivity contribution in [3.63, 3.8) is 0 Å². The molecule has 0 radical (unpaired) electrons. The van der Waals surface area contributed by atoms with Crippen molar-refractivity contribution in [2.75, 3.05) is 0 Å². The van der Waals surface area contributed by atoms with Gasteiger partial charge in [0.1, 0.15) is 0 Å². The summed E-state index contributed by atoms with van der Waals surface area (Å²) in [7, 11) is 0. The van der Waals surface area contributed by atoms with Gasteiger partial charge in [0.2, 0.25) is 0 Å². The molecule has 64 valence electrons. The van der Waals surface area contributed by atoms with Crippen molar-refractivity contribution in [1.82, 2.24) is 0 Å². The first kappa shape index (κ1) is 8.46. The highest BCUT2D eigenvalue weighted by molar-refractivity contribution is 5.71. The molecule has 3 nitrogen and oxygen atoms in total. The smallest absolute Gasteiger partial charge is 0.351 e. The third-order valence-electron chi connectivity index (χ3n) is 2.11. The number of rotatable bonds is 1. The maximum Gasteiger partial charge on any atom is 0.351 e. The van der Waals surface area contributed by atoms with E-state index in [9.17, 15) is 9.32 Å². The van der Waals surface area contributed by atoms with E-state index in [1.54, 1.807) is 0 Å². The number of halogens is 1. The quantitative estimate of drug-likeness (QED) is 0.624. The second-order valence-electron chi connectivity index (χ2n) is 2.90. The summed E-state index contributed by atoms with van der Waals surface area (Å²) >= 11 is 0. The van der Waals surface area contributed by atoms with Gasteiger partial charge in [-0.25, -0.2) is 4.79 Å². The summed E-state index contributed by atoms with van der Waals surface area (Å²) in [5.41, 5.74) is 0. The zero-order chi connectivity index (χ0) is 8.27. The molecule has 1 N–H and O–H groups in total. The Morgan fingerprint density at radius 1 is 1.36 bits per heavy atom. The number of aliphatic hydroxyl groups is 1. The number of hydrogen-bond donors (Lipinski definition) is 1. The summed E-state index contributed by atoms with van der Waals surface area (Å²) in [6.45, 7) is 0. The summed E-state index contributed by atoms with van der Waals surface area (Å²) in [6, 6.07) is 0. The molecule has 0 amide bonds. The van der Waals surface area contributed by atoms with Crippen molar-refractivity contribution in [3.05, 3.63) is 0 Å². The monoisotopic (exact) mass is 162 g/mol. The highest BCUT2D eigenvalue weighted by Crippen LogP contribution is 2.25. The maximum absolute atomic E-state index is 11.4. The SMILES string of the molecule is O=C(OF)C1CCC(O)CC1. The van der Waals surface area contributed by atoms with Gasteiger partial charge in [0.05, 0.1) is 12.0 Å². The van der Waals surface area contributed by atoms with Crippen LogP contribution in [0.4, 0.5) is 4.53 Å². The standard InChI is InChI=1S/C7H11FO3/c8-11-7(10)5-1-3-6(9)4-2-5/h5-6,9H,1-4H2. The van der Waals surface area contributed by atoms with Crippen molar-refractivity contribution in [2.45, 2.75) is 31.8 Å². The molecule has 1 saturated carbocycles. The predicted octanol–water partition coefficient (Wildman–Crippen LogP) is 0.965. The Morgan fingerprint density at radius 2 is 1.91 bits per heavy atom. The Labute approximate surface area is 64.1 Å². The van der Waals surface area contributed by atoms with Gasteiger partial charge in [-0.3, -0.25) is 4.94 Å². The number of aliphatic hydroxyl groups excluding tert-OH is 1. The average Bonchev–Trinajstić information content (AvgIpc) is 2.05. The summed E-state index contributed by atoms with van der Waals surface area (Å²) in [5.74, 6) is -1.14. The molecular formula is C7H11FO3. The summed E-state index contributed by atoms with van der Waals surface area (Å²) in [6.07, 6.45) is 1.88. The molecular weight excluding hydrogens is 151 g/mol. The zero-order valence-corrected chi connectivity index (χ0v) is 6.12. The van der Waals surface area contributed by atoms with Crippen LogP contribution in [0, 0.1) is 5.92 Å². The molecule has 0 aromatic rings. The number of hydrogen-bond acceptors (Lipinski definition) is 3. The molecule has 0 aliphatic heterocycles. The van der Waals surface area contributed by atoms with E-state index in [1.807, 2.05) is 0 Å². The van der Waals surface area contributed by atoms with Gasteiger partial charge in [0.15, 0.2) is 0 Å². The fraction of sp³-hybridized carbons (Fsp3) is 0.857. The second kappa shape index (κ2) is 3.67. The largest absolute Gasteiger partial charge is 0.393 e. The van der Waals surface area contributed by atoms with Crippen molar-refractivity contribution >= 4 is 5.97 Å². The van der Waals surface area contributed by atoms with Crippen molar-refractivity contribution in [1.29, 1.82) is 0 Å². The van der Waals surface area contributed by atoms with Crippen molar-refractivity contribution in [2.24, 2.45) is 5.92 Å². The molecule has 1 fully saturated rings. The van der Waals surface area contributed by atoms with E-state index in [-0.39, 0.29) is 12.0 Å². The molecule has 0 bridgehead atoms. The first-order chi connectivity index (χ1) is 5.24. The van der Waals surface area contributed by atoms with E-state index < -0.39 is 5.97 Å². The third-order valence-corrected chi connectivity index (χ3v) is 2.11. The Balaban J connectivity index is 2.33. The lowest BCUT2D eigenvalue weighted by Gasteiger charge is -2.21. The molecule has 0 unspecified atom stereocenters. The second-order valence-corrected chi connectivity index (χ2v) is 2.90. The average molecular weight is 162 g/mol. The van der Waals surface area contributed by atoms with Gasteiger partial charge in [0, 0.05) is 4.53 Å². The molecule has 4 heteroatoms. The first-order valence-corrected chi connectivity index (χ1v) is 3.74. The fourth-order valence-corrected chi connectivity index (χ4v) is 1.37. The minimum absolute atomic E-state index is 0.321. The van der Waals surface area contributed by atoms with Crippen LogP contribution in [0.5, 0.6) is 0 Å². The van der Waals surface area contributed by atoms with Crippen LogP contribution in [0.3, 0.4) is 0 Å². The zero-order valence-electron chi connectivity index (χ0n) is 6.12. The highest BCUT2D eigenvalue weighted by Gasteiger charge is 2.26. The Bertz CT molecular complexity index is 141. The molecule has 0 aromatic heterocycles. The van der Waals surface area contributed by atoms with Crippen LogP contribution in [-0.2, 0) is 9.74 Å². The van der Waals surface area contributed by atoms with Crippen molar-refractivity contribution < 1.29 is 19.4 Å². The minimum atomic E-state index is -0.795. The van der Waals surface area contributed by atoms with Gasteiger partial charge in [0.25, 0.3) is 0 Å². The van der Waals surface area contributed by atoms with Gasteiger partial charge in [-0.05, 0) is 25.7 Å². The van der Waals surface area contributed by atoms with Gasteiger partial charge in [-0.2, -0.15) is 0 Å². The topological polar surface area (TPSA) is 46.5 Å². The highest BCUT2D eigenvalue weighted by atomic mass is 19.3. The fourth-order valence-electron chi connectivity index (χ4n) is 1.37. The van der Waals surface area contributed by atoms with E-state index in [4.69, 9.17) is 5.11 Å². The molecule has 0 heterocycles. The molecule has 1 aliphatic carbocycles. The Hall–Kier alpha value is -0.640. The lowest BCUT2D eigenvalue weighted by atomic mass is 9.88. The molecule has 0 spiro atoms. The molecule has 11 heavy (non-hydrogen) atoms. The molecule has 0 atom stereocenters. The minimum Gasteiger partial charge on any atom is -0.393 e. The lowest BCUT2D eigenvalue weighted by molar-refractivity contribution is -0.190. The maximum atomic E-state index is 11.4. The third kappa shape index (κ3) is 2.15. The van der Waals surface area contributed by atoms with Crippen LogP contribution >= 0.6 is 0 Å². The van der Waals surface area contributed by atoms with Gasteiger partial charge in [-0.15, -0.1) is 0 Å². The van der Waals surface area contributed by atoms with Crippen LogP contribution in [-0.4, -0.2) is 17.2 Å². The first-order valence-electron chi connectivity index (χ1n) is 3.74. The van der Waals surface area contributed by atoms with E-state index in [0.29, 0.717) is 25.7 Å². The van der Waals surface area contributed by atoms with E-state index >= 15 is 0 Å². The van der Waals surface area contributed by atoms with Crippen molar-refractivity contribution in [3.8, 4) is 0 Å².